The number of nitrogens with zero attached hydrogens (tertiary/aromatic N) is 1. The first kappa shape index (κ1) is 17.3. The highest BCUT2D eigenvalue weighted by atomic mass is 35.7. The molecule has 8 nitrogen and oxygen atoms in total. The number of rotatable bonds is 6. The van der Waals surface area contributed by atoms with Gasteiger partial charge in [0, 0.05) is 41.5 Å². The molecule has 0 heterocycles. The number of non-ortho nitro benzene ring substituents is 1. The van der Waals surface area contributed by atoms with Gasteiger partial charge < -0.3 is 10.1 Å². The summed E-state index contributed by atoms with van der Waals surface area (Å²) >= 11 is 0. The lowest BCUT2D eigenvalue weighted by Gasteiger charge is -2.12. The maximum absolute atomic E-state index is 12.0. The van der Waals surface area contributed by atoms with Gasteiger partial charge in [-0.2, -0.15) is 0 Å². The number of nitro benzene ring substituents is 1. The first-order chi connectivity index (χ1) is 9.65. The number of nitro groups is 1. The van der Waals surface area contributed by atoms with E-state index in [2.05, 4.69) is 5.32 Å². The second-order valence-electron chi connectivity index (χ2n) is 4.24. The van der Waals surface area contributed by atoms with Gasteiger partial charge in [0.05, 0.1) is 16.4 Å². The fraction of sp³-hybridized carbons (Fsp3) is 0.364. The summed E-state index contributed by atoms with van der Waals surface area (Å²) in [6.07, 6.45) is 0. The highest BCUT2D eigenvalue weighted by Gasteiger charge is 2.21. The van der Waals surface area contributed by atoms with Crippen molar-refractivity contribution in [2.75, 3.05) is 13.7 Å². The molecule has 0 fully saturated rings. The van der Waals surface area contributed by atoms with E-state index in [4.69, 9.17) is 15.4 Å². The van der Waals surface area contributed by atoms with Gasteiger partial charge in [-0.1, -0.05) is 0 Å². The lowest BCUT2D eigenvalue weighted by atomic mass is 10.2. The Morgan fingerprint density at radius 1 is 1.48 bits per heavy atom. The van der Waals surface area contributed by atoms with E-state index in [0.717, 1.165) is 18.2 Å². The Morgan fingerprint density at radius 2 is 2.10 bits per heavy atom. The van der Waals surface area contributed by atoms with E-state index < -0.39 is 30.5 Å². The number of hydrogen-bond acceptors (Lipinski definition) is 6. The zero-order chi connectivity index (χ0) is 16.2. The van der Waals surface area contributed by atoms with Gasteiger partial charge in [-0.25, -0.2) is 8.42 Å². The summed E-state index contributed by atoms with van der Waals surface area (Å²) in [5, 5.41) is 13.3. The molecule has 0 aromatic heterocycles. The number of hydrogen-bond donors (Lipinski definition) is 1. The van der Waals surface area contributed by atoms with Crippen LogP contribution in [0.5, 0.6) is 0 Å². The summed E-state index contributed by atoms with van der Waals surface area (Å²) in [5.74, 6) is -0.662. The van der Waals surface area contributed by atoms with Crippen molar-refractivity contribution in [1.82, 2.24) is 5.32 Å². The predicted octanol–water partition coefficient (Wildman–Crippen LogP) is 1.29. The van der Waals surface area contributed by atoms with Gasteiger partial charge in [0.15, 0.2) is 0 Å². The summed E-state index contributed by atoms with van der Waals surface area (Å²) in [6, 6.07) is 2.39. The number of nitrogens with one attached hydrogen (secondary N) is 1. The smallest absolute Gasteiger partial charge is 0.271 e. The van der Waals surface area contributed by atoms with Crippen LogP contribution < -0.4 is 5.32 Å². The number of carbonyl (C=O) groups excluding carboxylic acids is 1. The number of halogens is 1. The molecule has 21 heavy (non-hydrogen) atoms. The molecule has 1 rings (SSSR count). The monoisotopic (exact) mass is 336 g/mol. The van der Waals surface area contributed by atoms with E-state index >= 15 is 0 Å². The van der Waals surface area contributed by atoms with E-state index in [1.54, 1.807) is 6.92 Å². The van der Waals surface area contributed by atoms with Crippen LogP contribution in [0.4, 0.5) is 5.69 Å². The van der Waals surface area contributed by atoms with Crippen molar-refractivity contribution in [2.24, 2.45) is 0 Å². The molecule has 0 spiro atoms. The molecule has 0 radical (unpaired) electrons. The van der Waals surface area contributed by atoms with Gasteiger partial charge in [-0.15, -0.1) is 0 Å². The number of methoxy groups -OCH3 is 1. The quantitative estimate of drug-likeness (QED) is 0.475. The standard InChI is InChI=1S/C11H13ClN2O6S/c1-7(6-20-2)13-11(15)8-3-9(14(16)17)5-10(4-8)21(12,18)19/h3-5,7H,6H2,1-2H3,(H,13,15). The molecule has 0 bridgehead atoms. The van der Waals surface area contributed by atoms with Crippen molar-refractivity contribution in [3.8, 4) is 0 Å². The summed E-state index contributed by atoms with van der Waals surface area (Å²) in [4.78, 5) is 21.4. The Labute approximate surface area is 125 Å². The van der Waals surface area contributed by atoms with Gasteiger partial charge in [-0.3, -0.25) is 14.9 Å². The number of amides is 1. The molecule has 0 saturated heterocycles. The molecule has 1 amide bonds. The van der Waals surface area contributed by atoms with Crippen molar-refractivity contribution >= 4 is 31.3 Å². The highest BCUT2D eigenvalue weighted by Crippen LogP contribution is 2.23. The largest absolute Gasteiger partial charge is 0.383 e. The zero-order valence-corrected chi connectivity index (χ0v) is 12.8. The lowest BCUT2D eigenvalue weighted by molar-refractivity contribution is -0.385. The van der Waals surface area contributed by atoms with Crippen molar-refractivity contribution in [3.05, 3.63) is 33.9 Å². The van der Waals surface area contributed by atoms with Crippen molar-refractivity contribution in [3.63, 3.8) is 0 Å². The highest BCUT2D eigenvalue weighted by molar-refractivity contribution is 8.13. The molecule has 1 aromatic rings. The average molecular weight is 337 g/mol. The minimum atomic E-state index is -4.19. The van der Waals surface area contributed by atoms with E-state index in [1.165, 1.54) is 7.11 Å². The molecular formula is C11H13ClN2O6S. The van der Waals surface area contributed by atoms with Gasteiger partial charge in [0.1, 0.15) is 0 Å². The van der Waals surface area contributed by atoms with Crippen LogP contribution in [0.3, 0.4) is 0 Å². The molecule has 0 saturated carbocycles. The van der Waals surface area contributed by atoms with Crippen LogP contribution in [0, 0.1) is 10.1 Å². The van der Waals surface area contributed by atoms with E-state index in [-0.39, 0.29) is 18.2 Å². The fourth-order valence-corrected chi connectivity index (χ4v) is 2.36. The average Bonchev–Trinajstić information content (AvgIpc) is 2.37. The molecule has 116 valence electrons. The van der Waals surface area contributed by atoms with Crippen LogP contribution in [0.1, 0.15) is 17.3 Å². The van der Waals surface area contributed by atoms with Crippen LogP contribution in [-0.2, 0) is 13.8 Å². The van der Waals surface area contributed by atoms with Crippen LogP contribution in [0.25, 0.3) is 0 Å². The maximum Gasteiger partial charge on any atom is 0.271 e. The first-order valence-electron chi connectivity index (χ1n) is 5.69. The van der Waals surface area contributed by atoms with E-state index in [0.29, 0.717) is 0 Å². The van der Waals surface area contributed by atoms with Crippen molar-refractivity contribution in [1.29, 1.82) is 0 Å². The number of carbonyl (C=O) groups is 1. The number of benzene rings is 1. The second-order valence-corrected chi connectivity index (χ2v) is 6.81. The molecule has 1 atom stereocenters. The molecule has 1 unspecified atom stereocenters. The van der Waals surface area contributed by atoms with Crippen LogP contribution in [0.2, 0.25) is 0 Å². The summed E-state index contributed by atoms with van der Waals surface area (Å²) in [7, 11) is 2.43. The Bertz CT molecular complexity index is 661. The second kappa shape index (κ2) is 6.83. The predicted molar refractivity (Wildman–Crippen MR) is 74.9 cm³/mol. The number of ether oxygens (including phenoxy) is 1. The molecule has 1 N–H and O–H groups in total. The Morgan fingerprint density at radius 3 is 2.57 bits per heavy atom. The molecule has 0 aliphatic heterocycles. The van der Waals surface area contributed by atoms with E-state index in [1.807, 2.05) is 0 Å². The summed E-state index contributed by atoms with van der Waals surface area (Å²) in [6.45, 7) is 1.90. The van der Waals surface area contributed by atoms with E-state index in [9.17, 15) is 23.3 Å². The third kappa shape index (κ3) is 4.96. The summed E-state index contributed by atoms with van der Waals surface area (Å²) in [5.41, 5.74) is -0.715. The molecule has 10 heteroatoms. The molecular weight excluding hydrogens is 324 g/mol. The minimum absolute atomic E-state index is 0.175. The minimum Gasteiger partial charge on any atom is -0.383 e. The maximum atomic E-state index is 12.0. The van der Waals surface area contributed by atoms with Crippen molar-refractivity contribution in [2.45, 2.75) is 17.9 Å². The topological polar surface area (TPSA) is 116 Å². The van der Waals surface area contributed by atoms with Gasteiger partial charge in [-0.05, 0) is 13.0 Å². The van der Waals surface area contributed by atoms with Crippen LogP contribution in [-0.4, -0.2) is 39.0 Å². The molecule has 0 aliphatic carbocycles. The Hall–Kier alpha value is -1.71. The Kier molecular flexibility index (Phi) is 5.64. The van der Waals surface area contributed by atoms with Gasteiger partial charge in [0.25, 0.3) is 20.6 Å². The summed E-state index contributed by atoms with van der Waals surface area (Å²) < 4.78 is 27.4. The normalized spacial score (nSPS) is 12.7. The lowest BCUT2D eigenvalue weighted by Crippen LogP contribution is -2.35. The van der Waals surface area contributed by atoms with Crippen molar-refractivity contribution < 1.29 is 22.9 Å². The first-order valence-corrected chi connectivity index (χ1v) is 8.00. The zero-order valence-electron chi connectivity index (χ0n) is 11.2. The van der Waals surface area contributed by atoms with Gasteiger partial charge in [0.2, 0.25) is 0 Å². The molecule has 0 aliphatic rings. The van der Waals surface area contributed by atoms with Crippen LogP contribution >= 0.6 is 10.7 Å². The third-order valence-electron chi connectivity index (χ3n) is 2.44. The third-order valence-corrected chi connectivity index (χ3v) is 3.77. The van der Waals surface area contributed by atoms with Crippen LogP contribution in [0.15, 0.2) is 23.1 Å². The Balaban J connectivity index is 3.20. The molecule has 1 aromatic carbocycles. The SMILES string of the molecule is COCC(C)NC(=O)c1cc([N+](=O)[O-])cc(S(=O)(=O)Cl)c1. The fourth-order valence-electron chi connectivity index (χ4n) is 1.56. The van der Waals surface area contributed by atoms with Gasteiger partial charge >= 0.3 is 0 Å².